The molecule has 0 spiro atoms. The van der Waals surface area contributed by atoms with Crippen molar-refractivity contribution in [3.05, 3.63) is 0 Å². The quantitative estimate of drug-likeness (QED) is 0.588. The highest BCUT2D eigenvalue weighted by Crippen LogP contribution is 2.30. The van der Waals surface area contributed by atoms with Gasteiger partial charge in [0.2, 0.25) is 0 Å². The van der Waals surface area contributed by atoms with Crippen molar-refractivity contribution in [1.82, 2.24) is 0 Å². The molecule has 1 aliphatic rings. The summed E-state index contributed by atoms with van der Waals surface area (Å²) >= 11 is 0. The highest BCUT2D eigenvalue weighted by atomic mass is 16.5. The van der Waals surface area contributed by atoms with E-state index >= 15 is 0 Å². The van der Waals surface area contributed by atoms with Gasteiger partial charge in [-0.3, -0.25) is 0 Å². The molecular formula is C9H18O. The van der Waals surface area contributed by atoms with Gasteiger partial charge < -0.3 is 4.74 Å². The Bertz CT molecular complexity index is 101. The van der Waals surface area contributed by atoms with Gasteiger partial charge >= 0.3 is 0 Å². The first kappa shape index (κ1) is 8.06. The fraction of sp³-hybridized carbons (Fsp3) is 1.00. The van der Waals surface area contributed by atoms with Gasteiger partial charge in [-0.1, -0.05) is 26.7 Å². The van der Waals surface area contributed by atoms with Gasteiger partial charge in [0, 0.05) is 5.92 Å². The largest absolute Gasteiger partial charge is 0.375 e. The van der Waals surface area contributed by atoms with Crippen LogP contribution >= 0.6 is 0 Å². The van der Waals surface area contributed by atoms with E-state index in [2.05, 4.69) is 20.8 Å². The van der Waals surface area contributed by atoms with Crippen LogP contribution in [0.2, 0.25) is 0 Å². The summed E-state index contributed by atoms with van der Waals surface area (Å²) in [5, 5.41) is 0. The average molecular weight is 142 g/mol. The SMILES string of the molecule is CCCCC1OC(C)C1C. The molecule has 3 unspecified atom stereocenters. The van der Waals surface area contributed by atoms with Crippen molar-refractivity contribution >= 4 is 0 Å². The van der Waals surface area contributed by atoms with Crippen molar-refractivity contribution in [2.24, 2.45) is 5.92 Å². The minimum atomic E-state index is 0.516. The summed E-state index contributed by atoms with van der Waals surface area (Å²) in [6, 6.07) is 0. The van der Waals surface area contributed by atoms with Crippen molar-refractivity contribution in [3.63, 3.8) is 0 Å². The molecule has 1 fully saturated rings. The Labute approximate surface area is 63.8 Å². The Morgan fingerprint density at radius 3 is 2.40 bits per heavy atom. The Kier molecular flexibility index (Phi) is 2.72. The maximum absolute atomic E-state index is 5.55. The molecular weight excluding hydrogens is 124 g/mol. The first-order valence-corrected chi connectivity index (χ1v) is 4.41. The van der Waals surface area contributed by atoms with E-state index in [0.717, 1.165) is 5.92 Å². The normalized spacial score (nSPS) is 39.3. The second kappa shape index (κ2) is 3.38. The van der Waals surface area contributed by atoms with E-state index in [1.165, 1.54) is 19.3 Å². The fourth-order valence-electron chi connectivity index (χ4n) is 1.47. The summed E-state index contributed by atoms with van der Waals surface area (Å²) < 4.78 is 5.55. The van der Waals surface area contributed by atoms with E-state index in [1.807, 2.05) is 0 Å². The van der Waals surface area contributed by atoms with Crippen LogP contribution in [-0.4, -0.2) is 12.2 Å². The number of hydrogen-bond donors (Lipinski definition) is 0. The molecule has 1 saturated heterocycles. The number of unbranched alkanes of at least 4 members (excludes halogenated alkanes) is 1. The summed E-state index contributed by atoms with van der Waals surface area (Å²) in [7, 11) is 0. The van der Waals surface area contributed by atoms with Gasteiger partial charge in [-0.05, 0) is 13.3 Å². The Hall–Kier alpha value is -0.0400. The molecule has 0 aromatic carbocycles. The van der Waals surface area contributed by atoms with Gasteiger partial charge in [-0.2, -0.15) is 0 Å². The van der Waals surface area contributed by atoms with E-state index in [9.17, 15) is 0 Å². The van der Waals surface area contributed by atoms with Gasteiger partial charge in [-0.25, -0.2) is 0 Å². The van der Waals surface area contributed by atoms with Crippen molar-refractivity contribution in [2.75, 3.05) is 0 Å². The van der Waals surface area contributed by atoms with Crippen molar-refractivity contribution < 1.29 is 4.74 Å². The molecule has 1 aliphatic heterocycles. The third-order valence-corrected chi connectivity index (χ3v) is 2.56. The van der Waals surface area contributed by atoms with Crippen molar-refractivity contribution in [2.45, 2.75) is 52.2 Å². The third kappa shape index (κ3) is 1.51. The molecule has 0 aromatic rings. The van der Waals surface area contributed by atoms with Gasteiger partial charge in [0.05, 0.1) is 12.2 Å². The van der Waals surface area contributed by atoms with Gasteiger partial charge in [0.15, 0.2) is 0 Å². The van der Waals surface area contributed by atoms with Crippen LogP contribution in [0.3, 0.4) is 0 Å². The van der Waals surface area contributed by atoms with Crippen LogP contribution in [0.15, 0.2) is 0 Å². The van der Waals surface area contributed by atoms with Crippen LogP contribution in [0, 0.1) is 5.92 Å². The van der Waals surface area contributed by atoms with Gasteiger partial charge in [0.1, 0.15) is 0 Å². The van der Waals surface area contributed by atoms with Crippen molar-refractivity contribution in [1.29, 1.82) is 0 Å². The third-order valence-electron chi connectivity index (χ3n) is 2.56. The predicted molar refractivity (Wildman–Crippen MR) is 43.0 cm³/mol. The maximum Gasteiger partial charge on any atom is 0.0629 e. The molecule has 0 aromatic heterocycles. The van der Waals surface area contributed by atoms with Crippen molar-refractivity contribution in [3.8, 4) is 0 Å². The van der Waals surface area contributed by atoms with E-state index in [0.29, 0.717) is 12.2 Å². The van der Waals surface area contributed by atoms with Crippen LogP contribution in [0.4, 0.5) is 0 Å². The summed E-state index contributed by atoms with van der Waals surface area (Å²) in [5.74, 6) is 0.798. The van der Waals surface area contributed by atoms with Crippen LogP contribution in [-0.2, 0) is 4.74 Å². The zero-order valence-electron chi connectivity index (χ0n) is 7.26. The molecule has 0 bridgehead atoms. The second-order valence-corrected chi connectivity index (χ2v) is 3.38. The van der Waals surface area contributed by atoms with Gasteiger partial charge in [0.25, 0.3) is 0 Å². The summed E-state index contributed by atoms with van der Waals surface area (Å²) in [5.41, 5.74) is 0. The topological polar surface area (TPSA) is 9.23 Å². The molecule has 60 valence electrons. The molecule has 1 nitrogen and oxygen atoms in total. The molecule has 0 saturated carbocycles. The molecule has 1 rings (SSSR count). The summed E-state index contributed by atoms with van der Waals surface area (Å²) in [6.07, 6.45) is 4.97. The Balaban J connectivity index is 2.08. The highest BCUT2D eigenvalue weighted by Gasteiger charge is 2.34. The van der Waals surface area contributed by atoms with Crippen LogP contribution in [0.1, 0.15) is 40.0 Å². The lowest BCUT2D eigenvalue weighted by Gasteiger charge is -2.41. The Morgan fingerprint density at radius 1 is 1.30 bits per heavy atom. The summed E-state index contributed by atoms with van der Waals surface area (Å²) in [4.78, 5) is 0. The molecule has 0 amide bonds. The smallest absolute Gasteiger partial charge is 0.0629 e. The monoisotopic (exact) mass is 142 g/mol. The molecule has 0 radical (unpaired) electrons. The average Bonchev–Trinajstić information content (AvgIpc) is 1.97. The number of hydrogen-bond acceptors (Lipinski definition) is 1. The second-order valence-electron chi connectivity index (χ2n) is 3.38. The number of rotatable bonds is 3. The minimum absolute atomic E-state index is 0.516. The van der Waals surface area contributed by atoms with Gasteiger partial charge in [-0.15, -0.1) is 0 Å². The Morgan fingerprint density at radius 2 is 2.00 bits per heavy atom. The zero-order chi connectivity index (χ0) is 7.56. The first-order chi connectivity index (χ1) is 4.75. The maximum atomic E-state index is 5.55. The molecule has 3 atom stereocenters. The number of ether oxygens (including phenoxy) is 1. The highest BCUT2D eigenvalue weighted by molar-refractivity contribution is 4.81. The molecule has 10 heavy (non-hydrogen) atoms. The standard InChI is InChI=1S/C9H18O/c1-4-5-6-9-7(2)8(3)10-9/h7-9H,4-6H2,1-3H3. The lowest BCUT2D eigenvalue weighted by atomic mass is 9.89. The first-order valence-electron chi connectivity index (χ1n) is 4.41. The van der Waals surface area contributed by atoms with E-state index < -0.39 is 0 Å². The fourth-order valence-corrected chi connectivity index (χ4v) is 1.47. The molecule has 1 heteroatoms. The van der Waals surface area contributed by atoms with E-state index in [-0.39, 0.29) is 0 Å². The van der Waals surface area contributed by atoms with E-state index in [4.69, 9.17) is 4.74 Å². The van der Waals surface area contributed by atoms with Crippen LogP contribution in [0.25, 0.3) is 0 Å². The van der Waals surface area contributed by atoms with Crippen LogP contribution in [0.5, 0.6) is 0 Å². The zero-order valence-corrected chi connectivity index (χ0v) is 7.26. The molecule has 1 heterocycles. The van der Waals surface area contributed by atoms with E-state index in [1.54, 1.807) is 0 Å². The van der Waals surface area contributed by atoms with Crippen LogP contribution < -0.4 is 0 Å². The molecule has 0 aliphatic carbocycles. The lowest BCUT2D eigenvalue weighted by Crippen LogP contribution is -2.45. The lowest BCUT2D eigenvalue weighted by molar-refractivity contribution is -0.169. The predicted octanol–water partition coefficient (Wildman–Crippen LogP) is 2.60. The minimum Gasteiger partial charge on any atom is -0.375 e. The molecule has 0 N–H and O–H groups in total. The summed E-state index contributed by atoms with van der Waals surface area (Å²) in [6.45, 7) is 6.67.